The number of rotatable bonds is 10. The van der Waals surface area contributed by atoms with Crippen molar-refractivity contribution in [2.24, 2.45) is 0 Å². The van der Waals surface area contributed by atoms with E-state index in [1.807, 2.05) is 48.5 Å². The molecular formula is C26H30O6. The fourth-order valence-corrected chi connectivity index (χ4v) is 3.62. The van der Waals surface area contributed by atoms with Gasteiger partial charge in [0.05, 0.1) is 6.61 Å². The molecular weight excluding hydrogens is 408 g/mol. The van der Waals surface area contributed by atoms with Gasteiger partial charge in [0, 0.05) is 12.5 Å². The molecule has 1 unspecified atom stereocenters. The van der Waals surface area contributed by atoms with E-state index in [0.717, 1.165) is 33.2 Å². The van der Waals surface area contributed by atoms with Gasteiger partial charge in [0.15, 0.2) is 13.4 Å². The first-order chi connectivity index (χ1) is 15.5. The molecule has 0 aromatic heterocycles. The SMILES string of the molecule is CCOC(=O)COc1ccc(C(O)c2ccc(OCOC)c(C(C)C)c2)c2ccccc12. The van der Waals surface area contributed by atoms with Gasteiger partial charge in [0.1, 0.15) is 17.6 Å². The lowest BCUT2D eigenvalue weighted by Gasteiger charge is -2.20. The van der Waals surface area contributed by atoms with Gasteiger partial charge in [0.25, 0.3) is 0 Å². The van der Waals surface area contributed by atoms with Crippen molar-refractivity contribution in [1.29, 1.82) is 0 Å². The van der Waals surface area contributed by atoms with Crippen molar-refractivity contribution in [2.75, 3.05) is 27.1 Å². The molecule has 0 amide bonds. The molecule has 1 atom stereocenters. The number of carbonyl (C=O) groups excluding carboxylic acids is 1. The van der Waals surface area contributed by atoms with E-state index in [-0.39, 0.29) is 19.3 Å². The van der Waals surface area contributed by atoms with E-state index in [2.05, 4.69) is 13.8 Å². The molecule has 32 heavy (non-hydrogen) atoms. The molecule has 3 aromatic rings. The maximum atomic E-state index is 11.7. The number of methoxy groups -OCH3 is 1. The molecule has 170 valence electrons. The van der Waals surface area contributed by atoms with Crippen LogP contribution in [-0.2, 0) is 14.3 Å². The van der Waals surface area contributed by atoms with Crippen LogP contribution in [0.15, 0.2) is 54.6 Å². The van der Waals surface area contributed by atoms with E-state index in [1.165, 1.54) is 0 Å². The number of benzene rings is 3. The number of hydrogen-bond donors (Lipinski definition) is 1. The van der Waals surface area contributed by atoms with Gasteiger partial charge in [-0.2, -0.15) is 0 Å². The van der Waals surface area contributed by atoms with Crippen LogP contribution in [0.2, 0.25) is 0 Å². The number of carbonyl (C=O) groups is 1. The van der Waals surface area contributed by atoms with Crippen molar-refractivity contribution < 1.29 is 28.8 Å². The summed E-state index contributed by atoms with van der Waals surface area (Å²) >= 11 is 0. The fourth-order valence-electron chi connectivity index (χ4n) is 3.62. The summed E-state index contributed by atoms with van der Waals surface area (Å²) in [7, 11) is 1.58. The molecule has 0 radical (unpaired) electrons. The lowest BCUT2D eigenvalue weighted by molar-refractivity contribution is -0.145. The summed E-state index contributed by atoms with van der Waals surface area (Å²) in [5.74, 6) is 1.10. The van der Waals surface area contributed by atoms with E-state index in [4.69, 9.17) is 18.9 Å². The molecule has 0 heterocycles. The first-order valence-corrected chi connectivity index (χ1v) is 10.7. The third kappa shape index (κ3) is 5.39. The Morgan fingerprint density at radius 2 is 1.66 bits per heavy atom. The van der Waals surface area contributed by atoms with Gasteiger partial charge < -0.3 is 24.1 Å². The molecule has 0 aliphatic heterocycles. The van der Waals surface area contributed by atoms with Crippen LogP contribution in [0.4, 0.5) is 0 Å². The summed E-state index contributed by atoms with van der Waals surface area (Å²) in [5.41, 5.74) is 2.52. The number of aliphatic hydroxyl groups excluding tert-OH is 1. The van der Waals surface area contributed by atoms with Gasteiger partial charge in [0.2, 0.25) is 0 Å². The number of esters is 1. The minimum Gasteiger partial charge on any atom is -0.481 e. The van der Waals surface area contributed by atoms with Crippen LogP contribution in [0.25, 0.3) is 10.8 Å². The Labute approximate surface area is 188 Å². The highest BCUT2D eigenvalue weighted by molar-refractivity contribution is 5.92. The average Bonchev–Trinajstić information content (AvgIpc) is 2.80. The highest BCUT2D eigenvalue weighted by Gasteiger charge is 2.19. The normalized spacial score (nSPS) is 12.1. The molecule has 6 heteroatoms. The minimum atomic E-state index is -0.840. The van der Waals surface area contributed by atoms with Gasteiger partial charge >= 0.3 is 5.97 Å². The van der Waals surface area contributed by atoms with Crippen molar-refractivity contribution in [3.05, 3.63) is 71.3 Å². The zero-order chi connectivity index (χ0) is 23.1. The van der Waals surface area contributed by atoms with Crippen molar-refractivity contribution in [3.8, 4) is 11.5 Å². The van der Waals surface area contributed by atoms with Crippen LogP contribution in [-0.4, -0.2) is 38.2 Å². The Morgan fingerprint density at radius 3 is 2.34 bits per heavy atom. The largest absolute Gasteiger partial charge is 0.481 e. The quantitative estimate of drug-likeness (QED) is 0.356. The van der Waals surface area contributed by atoms with E-state index >= 15 is 0 Å². The van der Waals surface area contributed by atoms with Crippen molar-refractivity contribution >= 4 is 16.7 Å². The lowest BCUT2D eigenvalue weighted by atomic mass is 9.92. The predicted octanol–water partition coefficient (Wildman–Crippen LogP) is 4.97. The van der Waals surface area contributed by atoms with Gasteiger partial charge in [-0.15, -0.1) is 0 Å². The highest BCUT2D eigenvalue weighted by atomic mass is 16.7. The monoisotopic (exact) mass is 438 g/mol. The zero-order valence-electron chi connectivity index (χ0n) is 19.0. The van der Waals surface area contributed by atoms with Crippen LogP contribution in [0, 0.1) is 0 Å². The molecule has 0 bridgehead atoms. The standard InChI is InChI=1S/C26H30O6/c1-5-30-25(27)15-31-23-13-11-21(19-8-6-7-9-20(19)23)26(28)18-10-12-24(32-16-29-4)22(14-18)17(2)3/h6-14,17,26,28H,5,15-16H2,1-4H3. The van der Waals surface area contributed by atoms with E-state index in [0.29, 0.717) is 12.4 Å². The van der Waals surface area contributed by atoms with Crippen molar-refractivity contribution in [3.63, 3.8) is 0 Å². The van der Waals surface area contributed by atoms with Crippen LogP contribution >= 0.6 is 0 Å². The summed E-state index contributed by atoms with van der Waals surface area (Å²) in [6.07, 6.45) is -0.840. The summed E-state index contributed by atoms with van der Waals surface area (Å²) in [4.78, 5) is 11.7. The zero-order valence-corrected chi connectivity index (χ0v) is 19.0. The number of hydrogen-bond acceptors (Lipinski definition) is 6. The van der Waals surface area contributed by atoms with Crippen LogP contribution in [0.3, 0.4) is 0 Å². The molecule has 6 nitrogen and oxygen atoms in total. The molecule has 0 aliphatic rings. The Hall–Kier alpha value is -3.09. The highest BCUT2D eigenvalue weighted by Crippen LogP contribution is 2.36. The molecule has 0 spiro atoms. The predicted molar refractivity (Wildman–Crippen MR) is 123 cm³/mol. The van der Waals surface area contributed by atoms with E-state index < -0.39 is 12.1 Å². The second kappa shape index (κ2) is 11.0. The minimum absolute atomic E-state index is 0.166. The number of ether oxygens (including phenoxy) is 4. The summed E-state index contributed by atoms with van der Waals surface area (Å²) in [5, 5.41) is 12.9. The van der Waals surface area contributed by atoms with Gasteiger partial charge in [-0.05, 0) is 53.1 Å². The molecule has 0 saturated heterocycles. The van der Waals surface area contributed by atoms with Crippen molar-refractivity contribution in [1.82, 2.24) is 0 Å². The third-order valence-corrected chi connectivity index (χ3v) is 5.17. The summed E-state index contributed by atoms with van der Waals surface area (Å²) < 4.78 is 21.3. The molecule has 0 saturated carbocycles. The molecule has 3 aromatic carbocycles. The molecule has 1 N–H and O–H groups in total. The van der Waals surface area contributed by atoms with E-state index in [9.17, 15) is 9.90 Å². The Balaban J connectivity index is 1.95. The maximum Gasteiger partial charge on any atom is 0.344 e. The van der Waals surface area contributed by atoms with E-state index in [1.54, 1.807) is 20.1 Å². The van der Waals surface area contributed by atoms with Crippen LogP contribution in [0.5, 0.6) is 11.5 Å². The van der Waals surface area contributed by atoms with Gasteiger partial charge in [-0.1, -0.05) is 50.2 Å². The molecule has 0 aliphatic carbocycles. The first kappa shape index (κ1) is 23.6. The average molecular weight is 439 g/mol. The smallest absolute Gasteiger partial charge is 0.344 e. The fraction of sp³-hybridized carbons (Fsp3) is 0.346. The number of fused-ring (bicyclic) bond motifs is 1. The first-order valence-electron chi connectivity index (χ1n) is 10.7. The summed E-state index contributed by atoms with van der Waals surface area (Å²) in [6, 6.07) is 17.0. The van der Waals surface area contributed by atoms with Gasteiger partial charge in [-0.3, -0.25) is 0 Å². The lowest BCUT2D eigenvalue weighted by Crippen LogP contribution is -2.14. The Morgan fingerprint density at radius 1 is 0.938 bits per heavy atom. The van der Waals surface area contributed by atoms with Gasteiger partial charge in [-0.25, -0.2) is 4.79 Å². The molecule has 3 rings (SSSR count). The maximum absolute atomic E-state index is 11.7. The Kier molecular flexibility index (Phi) is 8.09. The summed E-state index contributed by atoms with van der Waals surface area (Å²) in [6.45, 7) is 6.22. The van der Waals surface area contributed by atoms with Crippen molar-refractivity contribution in [2.45, 2.75) is 32.8 Å². The molecule has 0 fully saturated rings. The van der Waals surface area contributed by atoms with Crippen LogP contribution in [0.1, 0.15) is 49.5 Å². The third-order valence-electron chi connectivity index (χ3n) is 5.17. The topological polar surface area (TPSA) is 74.2 Å². The Bertz CT molecular complexity index is 1060. The van der Waals surface area contributed by atoms with Crippen LogP contribution < -0.4 is 9.47 Å². The number of aliphatic hydroxyl groups is 1. The second-order valence-corrected chi connectivity index (χ2v) is 7.70. The second-order valence-electron chi connectivity index (χ2n) is 7.70.